The van der Waals surface area contributed by atoms with Crippen LogP contribution in [-0.2, 0) is 28.9 Å². The monoisotopic (exact) mass is 497 g/mol. The van der Waals surface area contributed by atoms with Gasteiger partial charge in [0.05, 0.1) is 34.3 Å². The molecule has 2 aliphatic heterocycles. The summed E-state index contributed by atoms with van der Waals surface area (Å²) in [6.07, 6.45) is 1.57. The zero-order valence-corrected chi connectivity index (χ0v) is 20.2. The van der Waals surface area contributed by atoms with Gasteiger partial charge in [0.2, 0.25) is 5.91 Å². The molecule has 1 aromatic heterocycles. The van der Waals surface area contributed by atoms with Crippen molar-refractivity contribution in [2.75, 3.05) is 32.8 Å². The second kappa shape index (κ2) is 9.90. The van der Waals surface area contributed by atoms with Crippen molar-refractivity contribution in [2.24, 2.45) is 0 Å². The molecular weight excluding hydrogens is 473 g/mol. The first-order chi connectivity index (χ1) is 16.5. The van der Waals surface area contributed by atoms with Crippen molar-refractivity contribution in [1.29, 1.82) is 0 Å². The number of hydrogen-bond acceptors (Lipinski definition) is 4. The van der Waals surface area contributed by atoms with Crippen LogP contribution in [0.2, 0.25) is 10.0 Å². The summed E-state index contributed by atoms with van der Waals surface area (Å²) in [5.41, 5.74) is 4.23. The standard InChI is InChI=1S/C26H25Cl2N3O3/c27-20-7-5-17(15-21(20)28)6-8-24(32)31-10-9-23-19(16-31)25(18-3-1-2-4-22(18)29-23)26(33)30-11-13-34-14-12-30/h1-5,7,15H,6,8-14,16H2. The second-order valence-corrected chi connectivity index (χ2v) is 9.46. The first kappa shape index (κ1) is 23.1. The third-order valence-electron chi connectivity index (χ3n) is 6.52. The van der Waals surface area contributed by atoms with E-state index < -0.39 is 0 Å². The lowest BCUT2D eigenvalue weighted by Gasteiger charge is -2.32. The van der Waals surface area contributed by atoms with Crippen LogP contribution in [0.4, 0.5) is 0 Å². The number of para-hydroxylation sites is 1. The molecule has 0 spiro atoms. The summed E-state index contributed by atoms with van der Waals surface area (Å²) in [7, 11) is 0. The first-order valence-electron chi connectivity index (χ1n) is 11.5. The highest BCUT2D eigenvalue weighted by molar-refractivity contribution is 6.42. The van der Waals surface area contributed by atoms with Crippen molar-refractivity contribution in [3.63, 3.8) is 0 Å². The number of fused-ring (bicyclic) bond motifs is 2. The Labute approximate surface area is 208 Å². The van der Waals surface area contributed by atoms with Crippen molar-refractivity contribution in [2.45, 2.75) is 25.8 Å². The molecule has 176 valence electrons. The van der Waals surface area contributed by atoms with Crippen LogP contribution in [0.15, 0.2) is 42.5 Å². The molecule has 2 aliphatic rings. The number of halogens is 2. The topological polar surface area (TPSA) is 62.7 Å². The Morgan fingerprint density at radius 2 is 1.76 bits per heavy atom. The molecule has 34 heavy (non-hydrogen) atoms. The largest absolute Gasteiger partial charge is 0.378 e. The van der Waals surface area contributed by atoms with Crippen LogP contribution in [0.3, 0.4) is 0 Å². The van der Waals surface area contributed by atoms with E-state index in [2.05, 4.69) is 0 Å². The number of hydrogen-bond donors (Lipinski definition) is 0. The maximum atomic E-state index is 13.6. The molecule has 0 saturated carbocycles. The van der Waals surface area contributed by atoms with Crippen molar-refractivity contribution >= 4 is 45.9 Å². The maximum absolute atomic E-state index is 13.6. The number of ether oxygens (including phenoxy) is 1. The fourth-order valence-corrected chi connectivity index (χ4v) is 5.00. The molecule has 1 saturated heterocycles. The van der Waals surface area contributed by atoms with E-state index in [1.165, 1.54) is 0 Å². The number of pyridine rings is 1. The molecule has 3 heterocycles. The van der Waals surface area contributed by atoms with Gasteiger partial charge in [0.15, 0.2) is 0 Å². The van der Waals surface area contributed by atoms with Gasteiger partial charge in [0, 0.05) is 55.7 Å². The SMILES string of the molecule is O=C(CCc1ccc(Cl)c(Cl)c1)N1CCc2nc3ccccc3c(C(=O)N3CCOCC3)c2C1. The molecular formula is C26H25Cl2N3O3. The van der Waals surface area contributed by atoms with Crippen LogP contribution in [0.5, 0.6) is 0 Å². The highest BCUT2D eigenvalue weighted by atomic mass is 35.5. The lowest BCUT2D eigenvalue weighted by atomic mass is 9.94. The highest BCUT2D eigenvalue weighted by Gasteiger charge is 2.30. The summed E-state index contributed by atoms with van der Waals surface area (Å²) in [4.78, 5) is 35.3. The molecule has 0 unspecified atom stereocenters. The number of morpholine rings is 1. The highest BCUT2D eigenvalue weighted by Crippen LogP contribution is 2.30. The van der Waals surface area contributed by atoms with Gasteiger partial charge < -0.3 is 14.5 Å². The minimum atomic E-state index is -0.0109. The van der Waals surface area contributed by atoms with Crippen LogP contribution in [-0.4, -0.2) is 59.4 Å². The second-order valence-electron chi connectivity index (χ2n) is 8.65. The molecule has 3 aromatic rings. The molecule has 0 aliphatic carbocycles. The van der Waals surface area contributed by atoms with Gasteiger partial charge in [0.1, 0.15) is 0 Å². The summed E-state index contributed by atoms with van der Waals surface area (Å²) < 4.78 is 5.44. The van der Waals surface area contributed by atoms with Crippen LogP contribution in [0, 0.1) is 0 Å². The Bertz CT molecular complexity index is 1260. The maximum Gasteiger partial charge on any atom is 0.255 e. The Balaban J connectivity index is 1.41. The predicted molar refractivity (Wildman–Crippen MR) is 132 cm³/mol. The lowest BCUT2D eigenvalue weighted by Crippen LogP contribution is -2.42. The number of aromatic nitrogens is 1. The van der Waals surface area contributed by atoms with E-state index in [0.717, 1.165) is 27.7 Å². The fourth-order valence-electron chi connectivity index (χ4n) is 4.68. The van der Waals surface area contributed by atoms with E-state index in [-0.39, 0.29) is 11.8 Å². The van der Waals surface area contributed by atoms with Crippen molar-refractivity contribution < 1.29 is 14.3 Å². The van der Waals surface area contributed by atoms with Gasteiger partial charge in [-0.1, -0.05) is 47.5 Å². The van der Waals surface area contributed by atoms with Crippen molar-refractivity contribution in [3.8, 4) is 0 Å². The normalized spacial score (nSPS) is 15.9. The van der Waals surface area contributed by atoms with E-state index in [1.807, 2.05) is 40.1 Å². The predicted octanol–water partition coefficient (Wildman–Crippen LogP) is 4.53. The number of aryl methyl sites for hydroxylation is 1. The van der Waals surface area contributed by atoms with Crippen LogP contribution in [0.1, 0.15) is 33.6 Å². The molecule has 6 nitrogen and oxygen atoms in total. The lowest BCUT2D eigenvalue weighted by molar-refractivity contribution is -0.132. The minimum absolute atomic E-state index is 0.0109. The van der Waals surface area contributed by atoms with Gasteiger partial charge in [-0.2, -0.15) is 0 Å². The smallest absolute Gasteiger partial charge is 0.255 e. The Kier molecular flexibility index (Phi) is 6.73. The van der Waals surface area contributed by atoms with Crippen LogP contribution >= 0.6 is 23.2 Å². The van der Waals surface area contributed by atoms with E-state index in [0.29, 0.717) is 74.3 Å². The molecule has 8 heteroatoms. The fraction of sp³-hybridized carbons (Fsp3) is 0.346. The molecule has 0 N–H and O–H groups in total. The molecule has 5 rings (SSSR count). The average Bonchev–Trinajstić information content (AvgIpc) is 2.87. The number of amides is 2. The minimum Gasteiger partial charge on any atom is -0.378 e. The Morgan fingerprint density at radius 1 is 0.971 bits per heavy atom. The summed E-state index contributed by atoms with van der Waals surface area (Å²) in [5, 5.41) is 1.83. The van der Waals surface area contributed by atoms with Crippen molar-refractivity contribution in [3.05, 3.63) is 74.9 Å². The number of carbonyl (C=O) groups excluding carboxylic acids is 2. The van der Waals surface area contributed by atoms with Gasteiger partial charge in [-0.25, -0.2) is 0 Å². The Morgan fingerprint density at radius 3 is 2.56 bits per heavy atom. The van der Waals surface area contributed by atoms with E-state index in [1.54, 1.807) is 12.1 Å². The summed E-state index contributed by atoms with van der Waals surface area (Å²) >= 11 is 12.1. The van der Waals surface area contributed by atoms with Gasteiger partial charge >= 0.3 is 0 Å². The van der Waals surface area contributed by atoms with E-state index >= 15 is 0 Å². The number of nitrogens with zero attached hydrogens (tertiary/aromatic N) is 3. The zero-order chi connectivity index (χ0) is 23.7. The molecule has 2 amide bonds. The third-order valence-corrected chi connectivity index (χ3v) is 7.26. The molecule has 0 bridgehead atoms. The Hall–Kier alpha value is -2.67. The molecule has 2 aromatic carbocycles. The number of rotatable bonds is 4. The molecule has 0 atom stereocenters. The van der Waals surface area contributed by atoms with E-state index in [4.69, 9.17) is 32.9 Å². The molecule has 0 radical (unpaired) electrons. The summed E-state index contributed by atoms with van der Waals surface area (Å²) in [5.74, 6) is 0.0397. The quantitative estimate of drug-likeness (QED) is 0.531. The molecule has 1 fully saturated rings. The van der Waals surface area contributed by atoms with Crippen molar-refractivity contribution in [1.82, 2.24) is 14.8 Å². The third kappa shape index (κ3) is 4.63. The summed E-state index contributed by atoms with van der Waals surface area (Å²) in [6, 6.07) is 13.2. The van der Waals surface area contributed by atoms with E-state index in [9.17, 15) is 9.59 Å². The van der Waals surface area contributed by atoms with Gasteiger partial charge in [-0.15, -0.1) is 0 Å². The van der Waals surface area contributed by atoms with Gasteiger partial charge in [0.25, 0.3) is 5.91 Å². The number of benzene rings is 2. The van der Waals surface area contributed by atoms with Crippen LogP contribution < -0.4 is 0 Å². The first-order valence-corrected chi connectivity index (χ1v) is 12.3. The zero-order valence-electron chi connectivity index (χ0n) is 18.7. The summed E-state index contributed by atoms with van der Waals surface area (Å²) in [6.45, 7) is 3.18. The average molecular weight is 498 g/mol. The van der Waals surface area contributed by atoms with Gasteiger partial charge in [-0.05, 0) is 30.2 Å². The number of carbonyl (C=O) groups is 2. The van der Waals surface area contributed by atoms with Gasteiger partial charge in [-0.3, -0.25) is 14.6 Å². The van der Waals surface area contributed by atoms with Crippen LogP contribution in [0.25, 0.3) is 10.9 Å².